The molecule has 0 bridgehead atoms. The van der Waals surface area contributed by atoms with E-state index in [0.717, 1.165) is 11.8 Å². The van der Waals surface area contributed by atoms with Crippen LogP contribution in [0.1, 0.15) is 17.0 Å². The van der Waals surface area contributed by atoms with Gasteiger partial charge in [0, 0.05) is 6.20 Å². The standard InChI is InChI=1S/C13H13FN4O2/c1-8-3-12(13(18(19)20)4-11(8)14)17-7-10-6-15-9(2)5-16-10/h3-6,17H,7H2,1-2H3. The van der Waals surface area contributed by atoms with Crippen molar-refractivity contribution in [3.8, 4) is 0 Å². The third kappa shape index (κ3) is 3.05. The summed E-state index contributed by atoms with van der Waals surface area (Å²) < 4.78 is 13.4. The van der Waals surface area contributed by atoms with Crippen LogP contribution in [-0.2, 0) is 6.54 Å². The lowest BCUT2D eigenvalue weighted by molar-refractivity contribution is -0.384. The van der Waals surface area contributed by atoms with Gasteiger partial charge in [-0.15, -0.1) is 0 Å². The molecule has 7 heteroatoms. The zero-order valence-corrected chi connectivity index (χ0v) is 11.1. The van der Waals surface area contributed by atoms with E-state index in [9.17, 15) is 14.5 Å². The number of nitrogens with one attached hydrogen (secondary N) is 1. The lowest BCUT2D eigenvalue weighted by Crippen LogP contribution is -2.06. The van der Waals surface area contributed by atoms with E-state index in [1.165, 1.54) is 6.07 Å². The second-order valence-electron chi connectivity index (χ2n) is 4.38. The van der Waals surface area contributed by atoms with Crippen LogP contribution in [0.2, 0.25) is 0 Å². The Labute approximate surface area is 114 Å². The molecular weight excluding hydrogens is 263 g/mol. The maximum atomic E-state index is 13.4. The van der Waals surface area contributed by atoms with Gasteiger partial charge in [0.2, 0.25) is 0 Å². The quantitative estimate of drug-likeness (QED) is 0.686. The van der Waals surface area contributed by atoms with Crippen LogP contribution in [0, 0.1) is 29.8 Å². The van der Waals surface area contributed by atoms with Gasteiger partial charge in [-0.3, -0.25) is 20.1 Å². The van der Waals surface area contributed by atoms with E-state index in [1.807, 2.05) is 6.92 Å². The molecule has 1 N–H and O–H groups in total. The largest absolute Gasteiger partial charge is 0.374 e. The molecule has 0 radical (unpaired) electrons. The molecule has 20 heavy (non-hydrogen) atoms. The molecule has 1 heterocycles. The van der Waals surface area contributed by atoms with Gasteiger partial charge in [-0.25, -0.2) is 4.39 Å². The Hall–Kier alpha value is -2.57. The van der Waals surface area contributed by atoms with E-state index >= 15 is 0 Å². The van der Waals surface area contributed by atoms with Crippen LogP contribution in [0.4, 0.5) is 15.8 Å². The second-order valence-corrected chi connectivity index (χ2v) is 4.38. The normalized spacial score (nSPS) is 10.3. The first-order chi connectivity index (χ1) is 9.47. The van der Waals surface area contributed by atoms with Crippen LogP contribution in [0.25, 0.3) is 0 Å². The van der Waals surface area contributed by atoms with Crippen LogP contribution in [0.3, 0.4) is 0 Å². The van der Waals surface area contributed by atoms with E-state index in [1.54, 1.807) is 19.3 Å². The number of benzene rings is 1. The first-order valence-corrected chi connectivity index (χ1v) is 5.93. The fourth-order valence-electron chi connectivity index (χ4n) is 1.66. The Kier molecular flexibility index (Phi) is 3.88. The number of nitro groups is 1. The third-order valence-corrected chi connectivity index (χ3v) is 2.77. The number of anilines is 1. The third-order valence-electron chi connectivity index (χ3n) is 2.77. The summed E-state index contributed by atoms with van der Waals surface area (Å²) in [5.74, 6) is -0.600. The summed E-state index contributed by atoms with van der Waals surface area (Å²) in [5, 5.41) is 13.8. The summed E-state index contributed by atoms with van der Waals surface area (Å²) in [6, 6.07) is 2.33. The van der Waals surface area contributed by atoms with Crippen molar-refractivity contribution in [2.45, 2.75) is 20.4 Å². The molecule has 0 saturated heterocycles. The smallest absolute Gasteiger partial charge is 0.295 e. The molecule has 0 aliphatic carbocycles. The average Bonchev–Trinajstić information content (AvgIpc) is 2.41. The van der Waals surface area contributed by atoms with Gasteiger partial charge in [-0.2, -0.15) is 0 Å². The van der Waals surface area contributed by atoms with Crippen LogP contribution in [0.5, 0.6) is 0 Å². The van der Waals surface area contributed by atoms with Crippen LogP contribution in [-0.4, -0.2) is 14.9 Å². The van der Waals surface area contributed by atoms with Crippen molar-refractivity contribution in [2.24, 2.45) is 0 Å². The van der Waals surface area contributed by atoms with E-state index in [0.29, 0.717) is 11.3 Å². The minimum atomic E-state index is -0.619. The van der Waals surface area contributed by atoms with Gasteiger partial charge in [-0.05, 0) is 25.5 Å². The highest BCUT2D eigenvalue weighted by Gasteiger charge is 2.16. The molecule has 6 nitrogen and oxygen atoms in total. The number of hydrogen-bond donors (Lipinski definition) is 1. The predicted octanol–water partition coefficient (Wildman–Crippen LogP) is 2.75. The summed E-state index contributed by atoms with van der Waals surface area (Å²) >= 11 is 0. The highest BCUT2D eigenvalue weighted by atomic mass is 19.1. The van der Waals surface area contributed by atoms with E-state index in [4.69, 9.17) is 0 Å². The Balaban J connectivity index is 2.22. The van der Waals surface area contributed by atoms with Crippen molar-refractivity contribution in [2.75, 3.05) is 5.32 Å². The number of aryl methyl sites for hydroxylation is 2. The molecule has 0 aliphatic heterocycles. The number of aromatic nitrogens is 2. The molecule has 1 aromatic heterocycles. The number of rotatable bonds is 4. The lowest BCUT2D eigenvalue weighted by Gasteiger charge is -2.08. The number of hydrogen-bond acceptors (Lipinski definition) is 5. The molecule has 0 amide bonds. The zero-order chi connectivity index (χ0) is 14.7. The van der Waals surface area contributed by atoms with Crippen LogP contribution >= 0.6 is 0 Å². The Morgan fingerprint density at radius 2 is 2.05 bits per heavy atom. The SMILES string of the molecule is Cc1cnc(CNc2cc(C)c(F)cc2[N+](=O)[O-])cn1. The zero-order valence-electron chi connectivity index (χ0n) is 11.1. The van der Waals surface area contributed by atoms with Crippen molar-refractivity contribution >= 4 is 11.4 Å². The Morgan fingerprint density at radius 3 is 2.65 bits per heavy atom. The summed E-state index contributed by atoms with van der Waals surface area (Å²) in [6.07, 6.45) is 3.20. The fraction of sp³-hybridized carbons (Fsp3) is 0.231. The van der Waals surface area contributed by atoms with Gasteiger partial charge in [0.25, 0.3) is 5.69 Å². The van der Waals surface area contributed by atoms with Crippen molar-refractivity contribution in [1.29, 1.82) is 0 Å². The number of nitrogens with zero attached hydrogens (tertiary/aromatic N) is 3. The molecule has 0 aliphatic rings. The van der Waals surface area contributed by atoms with Crippen molar-refractivity contribution in [3.05, 3.63) is 57.4 Å². The molecule has 0 saturated carbocycles. The fourth-order valence-corrected chi connectivity index (χ4v) is 1.66. The van der Waals surface area contributed by atoms with Gasteiger partial charge in [0.15, 0.2) is 0 Å². The summed E-state index contributed by atoms with van der Waals surface area (Å²) in [5.41, 5.74) is 1.74. The van der Waals surface area contributed by atoms with Gasteiger partial charge >= 0.3 is 0 Å². The Morgan fingerprint density at radius 1 is 1.30 bits per heavy atom. The maximum Gasteiger partial charge on any atom is 0.295 e. The van der Waals surface area contributed by atoms with Crippen LogP contribution < -0.4 is 5.32 Å². The first-order valence-electron chi connectivity index (χ1n) is 5.93. The molecule has 104 valence electrons. The summed E-state index contributed by atoms with van der Waals surface area (Å²) in [7, 11) is 0. The van der Waals surface area contributed by atoms with Gasteiger partial charge in [0.1, 0.15) is 11.5 Å². The Bertz CT molecular complexity index is 644. The predicted molar refractivity (Wildman–Crippen MR) is 71.9 cm³/mol. The lowest BCUT2D eigenvalue weighted by atomic mass is 10.1. The maximum absolute atomic E-state index is 13.4. The highest BCUT2D eigenvalue weighted by molar-refractivity contribution is 5.63. The number of nitro benzene ring substituents is 1. The van der Waals surface area contributed by atoms with Crippen LogP contribution in [0.15, 0.2) is 24.5 Å². The molecule has 2 rings (SSSR count). The van der Waals surface area contributed by atoms with Gasteiger partial charge in [0.05, 0.1) is 35.1 Å². The molecule has 0 unspecified atom stereocenters. The molecule has 0 atom stereocenters. The molecular formula is C13H13FN4O2. The van der Waals surface area contributed by atoms with Crippen molar-refractivity contribution in [3.63, 3.8) is 0 Å². The highest BCUT2D eigenvalue weighted by Crippen LogP contribution is 2.27. The number of halogens is 1. The molecule has 2 aromatic rings. The molecule has 0 fully saturated rings. The van der Waals surface area contributed by atoms with E-state index in [2.05, 4.69) is 15.3 Å². The van der Waals surface area contributed by atoms with Gasteiger partial charge in [-0.1, -0.05) is 0 Å². The average molecular weight is 276 g/mol. The molecule has 0 spiro atoms. The van der Waals surface area contributed by atoms with E-state index in [-0.39, 0.29) is 17.9 Å². The first kappa shape index (κ1) is 13.9. The van der Waals surface area contributed by atoms with E-state index < -0.39 is 10.7 Å². The minimum Gasteiger partial charge on any atom is -0.374 e. The van der Waals surface area contributed by atoms with Crippen molar-refractivity contribution in [1.82, 2.24) is 9.97 Å². The summed E-state index contributed by atoms with van der Waals surface area (Å²) in [6.45, 7) is 3.65. The minimum absolute atomic E-state index is 0.260. The van der Waals surface area contributed by atoms with Crippen molar-refractivity contribution < 1.29 is 9.31 Å². The molecule has 1 aromatic carbocycles. The second kappa shape index (κ2) is 5.60. The monoisotopic (exact) mass is 276 g/mol. The topological polar surface area (TPSA) is 81.0 Å². The summed E-state index contributed by atoms with van der Waals surface area (Å²) in [4.78, 5) is 18.5. The van der Waals surface area contributed by atoms with Gasteiger partial charge < -0.3 is 5.32 Å².